The summed E-state index contributed by atoms with van der Waals surface area (Å²) in [7, 11) is 0. The van der Waals surface area contributed by atoms with E-state index in [0.717, 1.165) is 17.4 Å². The van der Waals surface area contributed by atoms with Crippen molar-refractivity contribution >= 4 is 22.9 Å². The molecule has 1 atom stereocenters. The van der Waals surface area contributed by atoms with Gasteiger partial charge in [0.05, 0.1) is 4.34 Å². The zero-order chi connectivity index (χ0) is 7.68. The maximum Gasteiger partial charge on any atom is 0.0931 e. The Kier molecular flexibility index (Phi) is 2.16. The molecule has 1 aliphatic heterocycles. The molecule has 0 aliphatic carbocycles. The molecule has 0 spiro atoms. The van der Waals surface area contributed by atoms with Gasteiger partial charge in [0.25, 0.3) is 0 Å². The Bertz CT molecular complexity index is 240. The molecule has 1 aromatic rings. The molecule has 2 heterocycles. The monoisotopic (exact) mass is 187 g/mol. The number of rotatable bonds is 1. The molecule has 1 nitrogen and oxygen atoms in total. The fourth-order valence-electron chi connectivity index (χ4n) is 1.45. The summed E-state index contributed by atoms with van der Waals surface area (Å²) in [6.07, 6.45) is 1.26. The Morgan fingerprint density at radius 2 is 2.45 bits per heavy atom. The topological polar surface area (TPSA) is 12.0 Å². The van der Waals surface area contributed by atoms with E-state index in [2.05, 4.69) is 11.4 Å². The minimum absolute atomic E-state index is 0.715. The van der Waals surface area contributed by atoms with E-state index in [1.807, 2.05) is 6.07 Å². The Balaban J connectivity index is 2.15. The van der Waals surface area contributed by atoms with E-state index < -0.39 is 0 Å². The number of hydrogen-bond donors (Lipinski definition) is 1. The molecule has 0 radical (unpaired) electrons. The van der Waals surface area contributed by atoms with Crippen LogP contribution in [0.15, 0.2) is 12.1 Å². The average molecular weight is 188 g/mol. The molecule has 1 fully saturated rings. The molecule has 0 saturated carbocycles. The summed E-state index contributed by atoms with van der Waals surface area (Å²) in [5.41, 5.74) is 0. The standard InChI is InChI=1S/C8H10ClNS/c9-8-2-1-7(11-8)6-3-4-10-5-6/h1-2,6,10H,3-5H2. The van der Waals surface area contributed by atoms with Crippen LogP contribution in [0.25, 0.3) is 0 Å². The van der Waals surface area contributed by atoms with E-state index in [0.29, 0.717) is 5.92 Å². The summed E-state index contributed by atoms with van der Waals surface area (Å²) in [4.78, 5) is 1.43. The van der Waals surface area contributed by atoms with Crippen LogP contribution in [0.1, 0.15) is 17.2 Å². The molecule has 1 N–H and O–H groups in total. The summed E-state index contributed by atoms with van der Waals surface area (Å²) in [6.45, 7) is 2.27. The summed E-state index contributed by atoms with van der Waals surface area (Å²) >= 11 is 7.55. The van der Waals surface area contributed by atoms with Crippen LogP contribution in [0.2, 0.25) is 4.34 Å². The Morgan fingerprint density at radius 1 is 1.55 bits per heavy atom. The largest absolute Gasteiger partial charge is 0.316 e. The van der Waals surface area contributed by atoms with E-state index in [1.165, 1.54) is 11.3 Å². The fourth-order valence-corrected chi connectivity index (χ4v) is 2.64. The molecule has 0 amide bonds. The number of halogens is 1. The summed E-state index contributed by atoms with van der Waals surface area (Å²) in [5.74, 6) is 0.715. The SMILES string of the molecule is Clc1ccc(C2CCNC2)s1. The van der Waals surface area contributed by atoms with Gasteiger partial charge in [-0.1, -0.05) is 11.6 Å². The van der Waals surface area contributed by atoms with Crippen LogP contribution in [0.4, 0.5) is 0 Å². The molecule has 3 heteroatoms. The fraction of sp³-hybridized carbons (Fsp3) is 0.500. The van der Waals surface area contributed by atoms with Crippen LogP contribution >= 0.6 is 22.9 Å². The summed E-state index contributed by atoms with van der Waals surface area (Å²) in [6, 6.07) is 4.13. The predicted octanol–water partition coefficient (Wildman–Crippen LogP) is 2.48. The highest BCUT2D eigenvalue weighted by atomic mass is 35.5. The van der Waals surface area contributed by atoms with Crippen molar-refractivity contribution in [3.63, 3.8) is 0 Å². The number of thiophene rings is 1. The molecule has 0 aromatic carbocycles. The van der Waals surface area contributed by atoms with Crippen molar-refractivity contribution in [2.45, 2.75) is 12.3 Å². The highest BCUT2D eigenvalue weighted by Gasteiger charge is 2.17. The van der Waals surface area contributed by atoms with Crippen molar-refractivity contribution in [1.82, 2.24) is 5.32 Å². The first-order chi connectivity index (χ1) is 5.36. The smallest absolute Gasteiger partial charge is 0.0931 e. The summed E-state index contributed by atoms with van der Waals surface area (Å²) in [5, 5.41) is 3.34. The van der Waals surface area contributed by atoms with E-state index in [4.69, 9.17) is 11.6 Å². The predicted molar refractivity (Wildman–Crippen MR) is 49.6 cm³/mol. The zero-order valence-corrected chi connectivity index (χ0v) is 7.71. The molecule has 11 heavy (non-hydrogen) atoms. The lowest BCUT2D eigenvalue weighted by atomic mass is 10.1. The van der Waals surface area contributed by atoms with Crippen molar-refractivity contribution < 1.29 is 0 Å². The van der Waals surface area contributed by atoms with Crippen LogP contribution in [0, 0.1) is 0 Å². The minimum Gasteiger partial charge on any atom is -0.316 e. The third-order valence-corrected chi connectivity index (χ3v) is 3.45. The lowest BCUT2D eigenvalue weighted by Gasteiger charge is -2.02. The first-order valence-electron chi connectivity index (χ1n) is 3.82. The first-order valence-corrected chi connectivity index (χ1v) is 5.01. The minimum atomic E-state index is 0.715. The van der Waals surface area contributed by atoms with Gasteiger partial charge in [0.2, 0.25) is 0 Å². The Hall–Kier alpha value is -0.0500. The van der Waals surface area contributed by atoms with Crippen molar-refractivity contribution in [2.75, 3.05) is 13.1 Å². The molecule has 1 saturated heterocycles. The van der Waals surface area contributed by atoms with Crippen LogP contribution in [0.3, 0.4) is 0 Å². The third-order valence-electron chi connectivity index (χ3n) is 2.06. The van der Waals surface area contributed by atoms with Gasteiger partial charge in [-0.05, 0) is 25.1 Å². The van der Waals surface area contributed by atoms with E-state index >= 15 is 0 Å². The molecule has 2 rings (SSSR count). The molecular weight excluding hydrogens is 178 g/mol. The second-order valence-electron chi connectivity index (χ2n) is 2.83. The van der Waals surface area contributed by atoms with Crippen LogP contribution in [-0.4, -0.2) is 13.1 Å². The van der Waals surface area contributed by atoms with Gasteiger partial charge in [-0.25, -0.2) is 0 Å². The van der Waals surface area contributed by atoms with E-state index in [-0.39, 0.29) is 0 Å². The van der Waals surface area contributed by atoms with E-state index in [9.17, 15) is 0 Å². The quantitative estimate of drug-likeness (QED) is 0.713. The van der Waals surface area contributed by atoms with Crippen molar-refractivity contribution in [3.05, 3.63) is 21.3 Å². The highest BCUT2D eigenvalue weighted by Crippen LogP contribution is 2.31. The van der Waals surface area contributed by atoms with Crippen molar-refractivity contribution in [3.8, 4) is 0 Å². The number of hydrogen-bond acceptors (Lipinski definition) is 2. The van der Waals surface area contributed by atoms with Crippen LogP contribution in [0.5, 0.6) is 0 Å². The Morgan fingerprint density at radius 3 is 3.00 bits per heavy atom. The second kappa shape index (κ2) is 3.13. The average Bonchev–Trinajstić information content (AvgIpc) is 2.55. The normalized spacial score (nSPS) is 24.3. The van der Waals surface area contributed by atoms with Crippen molar-refractivity contribution in [1.29, 1.82) is 0 Å². The lowest BCUT2D eigenvalue weighted by Crippen LogP contribution is -2.07. The van der Waals surface area contributed by atoms with Gasteiger partial charge < -0.3 is 5.32 Å². The van der Waals surface area contributed by atoms with Gasteiger partial charge in [-0.2, -0.15) is 0 Å². The van der Waals surface area contributed by atoms with Gasteiger partial charge in [0, 0.05) is 17.3 Å². The molecule has 60 valence electrons. The molecule has 1 unspecified atom stereocenters. The van der Waals surface area contributed by atoms with E-state index in [1.54, 1.807) is 11.3 Å². The van der Waals surface area contributed by atoms with Gasteiger partial charge >= 0.3 is 0 Å². The van der Waals surface area contributed by atoms with Gasteiger partial charge in [0.15, 0.2) is 0 Å². The zero-order valence-electron chi connectivity index (χ0n) is 6.14. The first kappa shape index (κ1) is 7.59. The van der Waals surface area contributed by atoms with Gasteiger partial charge in [-0.15, -0.1) is 11.3 Å². The molecule has 0 bridgehead atoms. The highest BCUT2D eigenvalue weighted by molar-refractivity contribution is 7.16. The maximum absolute atomic E-state index is 5.84. The molecule has 1 aromatic heterocycles. The van der Waals surface area contributed by atoms with Gasteiger partial charge in [0.1, 0.15) is 0 Å². The third kappa shape index (κ3) is 1.58. The number of nitrogens with one attached hydrogen (secondary N) is 1. The second-order valence-corrected chi connectivity index (χ2v) is 4.58. The maximum atomic E-state index is 5.84. The van der Waals surface area contributed by atoms with Gasteiger partial charge in [-0.3, -0.25) is 0 Å². The summed E-state index contributed by atoms with van der Waals surface area (Å²) < 4.78 is 0.909. The van der Waals surface area contributed by atoms with Crippen LogP contribution in [-0.2, 0) is 0 Å². The molecular formula is C8H10ClNS. The Labute approximate surface area is 75.4 Å². The van der Waals surface area contributed by atoms with Crippen LogP contribution < -0.4 is 5.32 Å². The van der Waals surface area contributed by atoms with Crippen molar-refractivity contribution in [2.24, 2.45) is 0 Å². The lowest BCUT2D eigenvalue weighted by molar-refractivity contribution is 0.779. The molecule has 1 aliphatic rings.